The van der Waals surface area contributed by atoms with Crippen molar-refractivity contribution in [2.75, 3.05) is 6.61 Å². The number of benzene rings is 2. The average molecular weight is 421 g/mol. The van der Waals surface area contributed by atoms with Gasteiger partial charge in [-0.3, -0.25) is 0 Å². The molecule has 0 aliphatic carbocycles. The lowest BCUT2D eigenvalue weighted by molar-refractivity contribution is 0.0691. The maximum absolute atomic E-state index is 11.6. The summed E-state index contributed by atoms with van der Waals surface area (Å²) < 4.78 is 11.4. The molecule has 160 valence electrons. The molecule has 5 heteroatoms. The zero-order valence-corrected chi connectivity index (χ0v) is 18.1. The maximum Gasteiger partial charge on any atom is 0.339 e. The van der Waals surface area contributed by atoms with Crippen LogP contribution >= 0.6 is 12.4 Å². The fraction of sp³-hybridized carbons (Fsp3) is 0.458. The van der Waals surface area contributed by atoms with E-state index in [1.54, 1.807) is 18.2 Å². The molecule has 29 heavy (non-hydrogen) atoms. The van der Waals surface area contributed by atoms with Crippen molar-refractivity contribution in [3.05, 3.63) is 59.7 Å². The second-order valence-corrected chi connectivity index (χ2v) is 7.06. The summed E-state index contributed by atoms with van der Waals surface area (Å²) in [5.74, 6) is -0.0798. The third-order valence-electron chi connectivity index (χ3n) is 4.69. The van der Waals surface area contributed by atoms with Gasteiger partial charge in [-0.05, 0) is 30.2 Å². The van der Waals surface area contributed by atoms with Crippen LogP contribution in [0.2, 0.25) is 0 Å². The summed E-state index contributed by atoms with van der Waals surface area (Å²) in [6, 6.07) is 14.7. The van der Waals surface area contributed by atoms with Gasteiger partial charge in [0.25, 0.3) is 0 Å². The number of hydrogen-bond acceptors (Lipinski definition) is 3. The molecule has 0 atom stereocenters. The van der Waals surface area contributed by atoms with Gasteiger partial charge in [0.15, 0.2) is 0 Å². The monoisotopic (exact) mass is 420 g/mol. The van der Waals surface area contributed by atoms with E-state index in [2.05, 4.69) is 6.92 Å². The van der Waals surface area contributed by atoms with Gasteiger partial charge in [-0.1, -0.05) is 82.2 Å². The van der Waals surface area contributed by atoms with E-state index in [0.29, 0.717) is 24.7 Å². The molecule has 0 aromatic heterocycles. The number of carbonyl (C=O) groups is 1. The highest BCUT2D eigenvalue weighted by Crippen LogP contribution is 2.25. The molecule has 2 aromatic carbocycles. The lowest BCUT2D eigenvalue weighted by Gasteiger charge is -2.12. The summed E-state index contributed by atoms with van der Waals surface area (Å²) in [6.45, 7) is 3.17. The van der Waals surface area contributed by atoms with Crippen molar-refractivity contribution in [2.24, 2.45) is 0 Å². The molecular formula is C24H33ClO4. The molecule has 0 bridgehead atoms. The second kappa shape index (κ2) is 14.7. The van der Waals surface area contributed by atoms with Gasteiger partial charge in [-0.25, -0.2) is 4.79 Å². The summed E-state index contributed by atoms with van der Waals surface area (Å²) >= 11 is 0. The molecule has 1 N–H and O–H groups in total. The lowest BCUT2D eigenvalue weighted by Crippen LogP contribution is -2.05. The van der Waals surface area contributed by atoms with Gasteiger partial charge in [0.2, 0.25) is 0 Å². The summed E-state index contributed by atoms with van der Waals surface area (Å²) in [7, 11) is 0. The van der Waals surface area contributed by atoms with Gasteiger partial charge in [-0.15, -0.1) is 12.4 Å². The smallest absolute Gasteiger partial charge is 0.339 e. The van der Waals surface area contributed by atoms with Gasteiger partial charge in [0.05, 0.1) is 6.61 Å². The molecule has 0 aliphatic rings. The van der Waals surface area contributed by atoms with E-state index in [9.17, 15) is 9.90 Å². The Morgan fingerprint density at radius 2 is 1.52 bits per heavy atom. The first-order chi connectivity index (χ1) is 13.7. The van der Waals surface area contributed by atoms with Crippen molar-refractivity contribution in [3.8, 4) is 11.5 Å². The maximum atomic E-state index is 11.6. The topological polar surface area (TPSA) is 55.8 Å². The minimum absolute atomic E-state index is 0. The Bertz CT molecular complexity index is 703. The lowest BCUT2D eigenvalue weighted by atomic mass is 10.1. The molecule has 0 fully saturated rings. The zero-order chi connectivity index (χ0) is 20.0. The molecule has 0 unspecified atom stereocenters. The Morgan fingerprint density at radius 1 is 0.862 bits per heavy atom. The number of halogens is 1. The van der Waals surface area contributed by atoms with Crippen LogP contribution in [0.5, 0.6) is 11.5 Å². The quantitative estimate of drug-likeness (QED) is 0.337. The second-order valence-electron chi connectivity index (χ2n) is 7.06. The highest BCUT2D eigenvalue weighted by Gasteiger charge is 2.13. The first-order valence-corrected chi connectivity index (χ1v) is 10.4. The third kappa shape index (κ3) is 9.71. The van der Waals surface area contributed by atoms with Crippen molar-refractivity contribution in [3.63, 3.8) is 0 Å². The Balaban J connectivity index is 0.00000420. The average Bonchev–Trinajstić information content (AvgIpc) is 2.72. The van der Waals surface area contributed by atoms with Crippen molar-refractivity contribution >= 4 is 18.4 Å². The third-order valence-corrected chi connectivity index (χ3v) is 4.69. The molecule has 4 nitrogen and oxygen atoms in total. The van der Waals surface area contributed by atoms with Gasteiger partial charge >= 0.3 is 5.97 Å². The van der Waals surface area contributed by atoms with Crippen molar-refractivity contribution < 1.29 is 19.4 Å². The number of hydrogen-bond donors (Lipinski definition) is 1. The Morgan fingerprint density at radius 3 is 2.17 bits per heavy atom. The number of carboxylic acids is 1. The Labute approximate surface area is 180 Å². The molecule has 0 aliphatic heterocycles. The molecule has 2 aromatic rings. The van der Waals surface area contributed by atoms with Crippen LogP contribution in [0, 0.1) is 0 Å². The fourth-order valence-electron chi connectivity index (χ4n) is 3.05. The molecule has 0 saturated heterocycles. The van der Waals surface area contributed by atoms with E-state index < -0.39 is 5.97 Å². The van der Waals surface area contributed by atoms with E-state index in [1.807, 2.05) is 30.3 Å². The van der Waals surface area contributed by atoms with Gasteiger partial charge in [-0.2, -0.15) is 0 Å². The number of carboxylic acid groups (broad SMARTS) is 1. The van der Waals surface area contributed by atoms with Crippen molar-refractivity contribution in [1.29, 1.82) is 0 Å². The van der Waals surface area contributed by atoms with Crippen LogP contribution in [0.25, 0.3) is 0 Å². The summed E-state index contributed by atoms with van der Waals surface area (Å²) in [5.41, 5.74) is 1.12. The van der Waals surface area contributed by atoms with Crippen LogP contribution in [0.4, 0.5) is 0 Å². The zero-order valence-electron chi connectivity index (χ0n) is 17.3. The Kier molecular flexibility index (Phi) is 12.6. The van der Waals surface area contributed by atoms with Crippen LogP contribution in [0.3, 0.4) is 0 Å². The predicted molar refractivity (Wildman–Crippen MR) is 120 cm³/mol. The molecule has 2 rings (SSSR count). The first-order valence-electron chi connectivity index (χ1n) is 10.4. The molecular weight excluding hydrogens is 388 g/mol. The number of rotatable bonds is 14. The minimum atomic E-state index is -1.01. The Hall–Kier alpha value is -2.20. The van der Waals surface area contributed by atoms with Gasteiger partial charge in [0, 0.05) is 0 Å². The molecule has 0 amide bonds. The predicted octanol–water partition coefficient (Wildman–Crippen LogP) is 6.91. The molecule has 0 heterocycles. The molecule has 0 radical (unpaired) electrons. The fourth-order valence-corrected chi connectivity index (χ4v) is 3.05. The van der Waals surface area contributed by atoms with E-state index in [0.717, 1.165) is 18.4 Å². The SMILES string of the molecule is CCCCCCCCCCOc1ccc(OCc2ccccc2)c(C(=O)O)c1.Cl. The van der Waals surface area contributed by atoms with Crippen LogP contribution in [0.1, 0.15) is 74.2 Å². The normalized spacial score (nSPS) is 10.2. The van der Waals surface area contributed by atoms with E-state index in [-0.39, 0.29) is 18.0 Å². The van der Waals surface area contributed by atoms with Gasteiger partial charge < -0.3 is 14.6 Å². The van der Waals surface area contributed by atoms with Crippen LogP contribution in [-0.4, -0.2) is 17.7 Å². The first kappa shape index (κ1) is 24.8. The van der Waals surface area contributed by atoms with E-state index >= 15 is 0 Å². The van der Waals surface area contributed by atoms with Crippen LogP contribution < -0.4 is 9.47 Å². The van der Waals surface area contributed by atoms with E-state index in [1.165, 1.54) is 38.5 Å². The largest absolute Gasteiger partial charge is 0.494 e. The number of ether oxygens (including phenoxy) is 2. The standard InChI is InChI=1S/C24H32O4.ClH/c1-2-3-4-5-6-7-8-12-17-27-21-15-16-23(22(18-21)24(25)26)28-19-20-13-10-9-11-14-20;/h9-11,13-16,18H,2-8,12,17,19H2,1H3,(H,25,26);1H. The van der Waals surface area contributed by atoms with Crippen molar-refractivity contribution in [2.45, 2.75) is 64.9 Å². The highest BCUT2D eigenvalue weighted by molar-refractivity contribution is 5.91. The van der Waals surface area contributed by atoms with Gasteiger partial charge in [0.1, 0.15) is 23.7 Å². The summed E-state index contributed by atoms with van der Waals surface area (Å²) in [6.07, 6.45) is 9.93. The molecule has 0 saturated carbocycles. The highest BCUT2D eigenvalue weighted by atomic mass is 35.5. The summed E-state index contributed by atoms with van der Waals surface area (Å²) in [5, 5.41) is 9.48. The minimum Gasteiger partial charge on any atom is -0.494 e. The van der Waals surface area contributed by atoms with Crippen molar-refractivity contribution in [1.82, 2.24) is 0 Å². The van der Waals surface area contributed by atoms with Crippen LogP contribution in [0.15, 0.2) is 48.5 Å². The molecule has 0 spiro atoms. The number of aromatic carboxylic acids is 1. The summed E-state index contributed by atoms with van der Waals surface area (Å²) in [4.78, 5) is 11.6. The number of unbranched alkanes of at least 4 members (excludes halogenated alkanes) is 7. The van der Waals surface area contributed by atoms with Crippen LogP contribution in [-0.2, 0) is 6.61 Å². The van der Waals surface area contributed by atoms with E-state index in [4.69, 9.17) is 9.47 Å².